The molecule has 0 radical (unpaired) electrons. The lowest BCUT2D eigenvalue weighted by Gasteiger charge is -2.31. The Bertz CT molecular complexity index is 1080. The molecular formula is C26H25ClF3NO2. The third kappa shape index (κ3) is 6.29. The maximum Gasteiger partial charge on any atom is 0.263 e. The van der Waals surface area contributed by atoms with Crippen LogP contribution in [0.4, 0.5) is 13.2 Å². The first-order valence-corrected chi connectivity index (χ1v) is 10.9. The molecule has 3 nitrogen and oxygen atoms in total. The molecule has 174 valence electrons. The van der Waals surface area contributed by atoms with Crippen LogP contribution in [0, 0.1) is 17.5 Å². The van der Waals surface area contributed by atoms with Crippen molar-refractivity contribution in [3.05, 3.63) is 100 Å². The van der Waals surface area contributed by atoms with Gasteiger partial charge in [0.15, 0.2) is 23.1 Å². The number of halogens is 4. The van der Waals surface area contributed by atoms with Gasteiger partial charge in [-0.3, -0.25) is 4.79 Å². The van der Waals surface area contributed by atoms with Crippen molar-refractivity contribution in [3.63, 3.8) is 0 Å². The minimum absolute atomic E-state index is 0.0622. The van der Waals surface area contributed by atoms with Gasteiger partial charge in [-0.05, 0) is 50.5 Å². The van der Waals surface area contributed by atoms with Gasteiger partial charge in [-0.25, -0.2) is 13.2 Å². The number of hydrogen-bond acceptors (Lipinski definition) is 2. The van der Waals surface area contributed by atoms with Crippen LogP contribution < -0.4 is 10.1 Å². The van der Waals surface area contributed by atoms with E-state index < -0.39 is 29.0 Å². The average Bonchev–Trinajstić information content (AvgIpc) is 2.77. The standard InChI is InChI=1S/C26H25ClF3NO2/c1-16(21(18-7-5-4-6-8-18)13-17-9-11-19(27)12-10-17)31-25(32)26(2,3)33-20-14-22(28)24(30)23(29)15-20/h4-12,14-16,21H,13H2,1-3H3,(H,31,32). The molecular weight excluding hydrogens is 451 g/mol. The third-order valence-corrected chi connectivity index (χ3v) is 5.69. The number of ether oxygens (including phenoxy) is 1. The highest BCUT2D eigenvalue weighted by atomic mass is 35.5. The molecule has 0 saturated heterocycles. The lowest BCUT2D eigenvalue weighted by Crippen LogP contribution is -2.51. The Morgan fingerprint density at radius 3 is 2.15 bits per heavy atom. The molecule has 0 saturated carbocycles. The smallest absolute Gasteiger partial charge is 0.263 e. The van der Waals surface area contributed by atoms with Gasteiger partial charge in [-0.1, -0.05) is 54.1 Å². The number of hydrogen-bond donors (Lipinski definition) is 1. The summed E-state index contributed by atoms with van der Waals surface area (Å²) in [6.07, 6.45) is 0.651. The highest BCUT2D eigenvalue weighted by Gasteiger charge is 2.33. The summed E-state index contributed by atoms with van der Waals surface area (Å²) in [7, 11) is 0. The Morgan fingerprint density at radius 2 is 1.58 bits per heavy atom. The SMILES string of the molecule is CC(NC(=O)C(C)(C)Oc1cc(F)c(F)c(F)c1)C(Cc1ccc(Cl)cc1)c1ccccc1. The molecule has 3 rings (SSSR count). The second-order valence-electron chi connectivity index (χ2n) is 8.42. The molecule has 7 heteroatoms. The van der Waals surface area contributed by atoms with Gasteiger partial charge < -0.3 is 10.1 Å². The molecule has 2 unspecified atom stereocenters. The Labute approximate surface area is 196 Å². The van der Waals surface area contributed by atoms with E-state index in [1.54, 1.807) is 0 Å². The predicted molar refractivity (Wildman–Crippen MR) is 123 cm³/mol. The number of benzene rings is 3. The minimum Gasteiger partial charge on any atom is -0.478 e. The van der Waals surface area contributed by atoms with Gasteiger partial charge in [-0.2, -0.15) is 0 Å². The number of amides is 1. The monoisotopic (exact) mass is 475 g/mol. The highest BCUT2D eigenvalue weighted by Crippen LogP contribution is 2.27. The lowest BCUT2D eigenvalue weighted by atomic mass is 9.86. The van der Waals surface area contributed by atoms with E-state index in [1.807, 2.05) is 61.5 Å². The number of carbonyl (C=O) groups is 1. The van der Waals surface area contributed by atoms with E-state index in [4.69, 9.17) is 16.3 Å². The van der Waals surface area contributed by atoms with Gasteiger partial charge in [0, 0.05) is 29.1 Å². The van der Waals surface area contributed by atoms with Crippen molar-refractivity contribution in [2.75, 3.05) is 0 Å². The fraction of sp³-hybridized carbons (Fsp3) is 0.269. The molecule has 0 aromatic heterocycles. The molecule has 1 N–H and O–H groups in total. The van der Waals surface area contributed by atoms with Gasteiger partial charge in [0.05, 0.1) is 0 Å². The first-order valence-electron chi connectivity index (χ1n) is 10.5. The molecule has 2 atom stereocenters. The molecule has 3 aromatic carbocycles. The molecule has 0 aliphatic heterocycles. The summed E-state index contributed by atoms with van der Waals surface area (Å²) in [5.74, 6) is -5.18. The van der Waals surface area contributed by atoms with E-state index in [2.05, 4.69) is 5.32 Å². The van der Waals surface area contributed by atoms with Crippen molar-refractivity contribution in [1.29, 1.82) is 0 Å². The fourth-order valence-electron chi connectivity index (χ4n) is 3.57. The van der Waals surface area contributed by atoms with Crippen molar-refractivity contribution in [2.45, 2.75) is 44.8 Å². The zero-order valence-electron chi connectivity index (χ0n) is 18.5. The largest absolute Gasteiger partial charge is 0.478 e. The molecule has 0 aliphatic rings. The predicted octanol–water partition coefficient (Wildman–Crippen LogP) is 6.45. The van der Waals surface area contributed by atoms with Crippen LogP contribution in [0.5, 0.6) is 5.75 Å². The first-order chi connectivity index (χ1) is 15.6. The maximum atomic E-state index is 13.5. The molecule has 0 spiro atoms. The zero-order valence-corrected chi connectivity index (χ0v) is 19.3. The quantitative estimate of drug-likeness (QED) is 0.380. The number of rotatable bonds is 8. The highest BCUT2D eigenvalue weighted by molar-refractivity contribution is 6.30. The van der Waals surface area contributed by atoms with Crippen LogP contribution >= 0.6 is 11.6 Å². The second-order valence-corrected chi connectivity index (χ2v) is 8.86. The maximum absolute atomic E-state index is 13.5. The van der Waals surface area contributed by atoms with Crippen LogP contribution in [-0.4, -0.2) is 17.6 Å². The Morgan fingerprint density at radius 1 is 1.00 bits per heavy atom. The summed E-state index contributed by atoms with van der Waals surface area (Å²) in [4.78, 5) is 13.0. The molecule has 0 heterocycles. The molecule has 3 aromatic rings. The topological polar surface area (TPSA) is 38.3 Å². The summed E-state index contributed by atoms with van der Waals surface area (Å²) in [6, 6.07) is 18.4. The van der Waals surface area contributed by atoms with Crippen LogP contribution in [0.15, 0.2) is 66.7 Å². The van der Waals surface area contributed by atoms with Crippen LogP contribution in [0.3, 0.4) is 0 Å². The van der Waals surface area contributed by atoms with Crippen LogP contribution in [0.2, 0.25) is 5.02 Å². The van der Waals surface area contributed by atoms with Gasteiger partial charge >= 0.3 is 0 Å². The van der Waals surface area contributed by atoms with Crippen molar-refractivity contribution >= 4 is 17.5 Å². The third-order valence-electron chi connectivity index (χ3n) is 5.44. The van der Waals surface area contributed by atoms with E-state index in [9.17, 15) is 18.0 Å². The zero-order chi connectivity index (χ0) is 24.2. The first kappa shape index (κ1) is 24.6. The molecule has 0 fully saturated rings. The van der Waals surface area contributed by atoms with Crippen molar-refractivity contribution in [2.24, 2.45) is 0 Å². The van der Waals surface area contributed by atoms with Crippen molar-refractivity contribution < 1.29 is 22.7 Å². The summed E-state index contributed by atoms with van der Waals surface area (Å²) in [6.45, 7) is 4.84. The molecule has 33 heavy (non-hydrogen) atoms. The Hall–Kier alpha value is -2.99. The summed E-state index contributed by atoms with van der Waals surface area (Å²) in [5, 5.41) is 3.60. The van der Waals surface area contributed by atoms with Crippen LogP contribution in [0.1, 0.15) is 37.8 Å². The van der Waals surface area contributed by atoms with Crippen LogP contribution in [0.25, 0.3) is 0 Å². The summed E-state index contributed by atoms with van der Waals surface area (Å²) < 4.78 is 45.9. The fourth-order valence-corrected chi connectivity index (χ4v) is 3.70. The normalized spacial score (nSPS) is 13.3. The van der Waals surface area contributed by atoms with Gasteiger partial charge in [-0.15, -0.1) is 0 Å². The lowest BCUT2D eigenvalue weighted by molar-refractivity contribution is -0.135. The van der Waals surface area contributed by atoms with E-state index in [0.29, 0.717) is 23.6 Å². The van der Waals surface area contributed by atoms with E-state index >= 15 is 0 Å². The van der Waals surface area contributed by atoms with Gasteiger partial charge in [0.1, 0.15) is 5.75 Å². The van der Waals surface area contributed by atoms with E-state index in [0.717, 1.165) is 11.1 Å². The summed E-state index contributed by atoms with van der Waals surface area (Å²) in [5.41, 5.74) is 0.635. The summed E-state index contributed by atoms with van der Waals surface area (Å²) >= 11 is 6.00. The number of carbonyl (C=O) groups excluding carboxylic acids is 1. The van der Waals surface area contributed by atoms with Gasteiger partial charge in [0.25, 0.3) is 5.91 Å². The molecule has 1 amide bonds. The van der Waals surface area contributed by atoms with Crippen LogP contribution in [-0.2, 0) is 11.2 Å². The van der Waals surface area contributed by atoms with Crippen molar-refractivity contribution in [3.8, 4) is 5.75 Å². The average molecular weight is 476 g/mol. The van der Waals surface area contributed by atoms with E-state index in [1.165, 1.54) is 13.8 Å². The minimum atomic E-state index is -1.59. The van der Waals surface area contributed by atoms with Crippen molar-refractivity contribution in [1.82, 2.24) is 5.32 Å². The second kappa shape index (κ2) is 10.3. The van der Waals surface area contributed by atoms with E-state index in [-0.39, 0.29) is 17.7 Å². The Balaban J connectivity index is 1.78. The number of nitrogens with one attached hydrogen (secondary N) is 1. The molecule has 0 bridgehead atoms. The van der Waals surface area contributed by atoms with Gasteiger partial charge in [0.2, 0.25) is 0 Å². The molecule has 0 aliphatic carbocycles. The Kier molecular flexibility index (Phi) is 7.69.